The molecule has 0 fully saturated rings. The quantitative estimate of drug-likeness (QED) is 0.713. The van der Waals surface area contributed by atoms with Gasteiger partial charge >= 0.3 is 0 Å². The van der Waals surface area contributed by atoms with E-state index in [1.54, 1.807) is 12.1 Å². The van der Waals surface area contributed by atoms with Gasteiger partial charge in [-0.05, 0) is 12.1 Å². The molecule has 1 aromatic rings. The second-order valence-corrected chi connectivity index (χ2v) is 2.82. The van der Waals surface area contributed by atoms with Crippen molar-refractivity contribution in [3.8, 4) is 12.1 Å². The van der Waals surface area contributed by atoms with Crippen molar-refractivity contribution >= 4 is 5.82 Å². The van der Waals surface area contributed by atoms with Crippen molar-refractivity contribution in [2.45, 2.75) is 6.42 Å². The summed E-state index contributed by atoms with van der Waals surface area (Å²) in [5, 5.41) is 17.0. The molecule has 14 heavy (non-hydrogen) atoms. The highest BCUT2D eigenvalue weighted by Crippen LogP contribution is 2.09. The van der Waals surface area contributed by atoms with Gasteiger partial charge in [0.1, 0.15) is 17.6 Å². The third kappa shape index (κ3) is 2.46. The van der Waals surface area contributed by atoms with Crippen molar-refractivity contribution in [3.05, 3.63) is 23.9 Å². The minimum absolute atomic E-state index is 0.395. The van der Waals surface area contributed by atoms with Gasteiger partial charge < -0.3 is 4.90 Å². The first kappa shape index (κ1) is 10.0. The Morgan fingerprint density at radius 1 is 1.43 bits per heavy atom. The fraction of sp³-hybridized carbons (Fsp3) is 0.300. The Morgan fingerprint density at radius 3 is 2.86 bits per heavy atom. The van der Waals surface area contributed by atoms with Gasteiger partial charge in [-0.3, -0.25) is 0 Å². The third-order valence-electron chi connectivity index (χ3n) is 1.80. The van der Waals surface area contributed by atoms with Crippen LogP contribution in [-0.2, 0) is 0 Å². The van der Waals surface area contributed by atoms with Gasteiger partial charge in [-0.1, -0.05) is 6.07 Å². The first-order valence-electron chi connectivity index (χ1n) is 4.23. The smallest absolute Gasteiger partial charge is 0.142 e. The maximum Gasteiger partial charge on any atom is 0.142 e. The summed E-state index contributed by atoms with van der Waals surface area (Å²) < 4.78 is 0. The van der Waals surface area contributed by atoms with E-state index in [1.807, 2.05) is 24.1 Å². The molecule has 70 valence electrons. The maximum atomic E-state index is 8.64. The molecule has 0 bridgehead atoms. The summed E-state index contributed by atoms with van der Waals surface area (Å²) in [6.07, 6.45) is 0.453. The third-order valence-corrected chi connectivity index (χ3v) is 1.80. The molecule has 4 heteroatoms. The normalized spacial score (nSPS) is 8.79. The van der Waals surface area contributed by atoms with Gasteiger partial charge in [0.05, 0.1) is 12.5 Å². The van der Waals surface area contributed by atoms with E-state index in [0.717, 1.165) is 5.82 Å². The second-order valence-electron chi connectivity index (χ2n) is 2.82. The molecule has 0 N–H and O–H groups in total. The lowest BCUT2D eigenvalue weighted by Gasteiger charge is -2.15. The molecule has 0 spiro atoms. The van der Waals surface area contributed by atoms with E-state index in [1.165, 1.54) is 0 Å². The molecule has 1 rings (SSSR count). The molecule has 0 saturated heterocycles. The summed E-state index contributed by atoms with van der Waals surface area (Å²) in [4.78, 5) is 5.95. The van der Waals surface area contributed by atoms with Crippen molar-refractivity contribution in [3.63, 3.8) is 0 Å². The van der Waals surface area contributed by atoms with Gasteiger partial charge in [0.15, 0.2) is 0 Å². The molecule has 0 aliphatic rings. The van der Waals surface area contributed by atoms with E-state index in [-0.39, 0.29) is 0 Å². The number of anilines is 1. The molecule has 0 aliphatic carbocycles. The maximum absolute atomic E-state index is 8.64. The molecule has 0 atom stereocenters. The molecular formula is C10H10N4. The summed E-state index contributed by atoms with van der Waals surface area (Å²) in [5.74, 6) is 0.722. The number of nitrogens with zero attached hydrogens (tertiary/aromatic N) is 4. The van der Waals surface area contributed by atoms with Crippen LogP contribution in [0.15, 0.2) is 18.2 Å². The SMILES string of the molecule is CN(CCC#N)c1cccc(C#N)n1. The van der Waals surface area contributed by atoms with Crippen LogP contribution in [0.25, 0.3) is 0 Å². The van der Waals surface area contributed by atoms with Crippen molar-refractivity contribution in [2.75, 3.05) is 18.5 Å². The predicted octanol–water partition coefficient (Wildman–Crippen LogP) is 1.30. The standard InChI is InChI=1S/C10H10N4/c1-14(7-3-6-11)10-5-2-4-9(8-12)13-10/h2,4-5H,3,7H2,1H3. The van der Waals surface area contributed by atoms with Crippen LogP contribution in [0, 0.1) is 22.7 Å². The molecule has 0 radical (unpaired) electrons. The zero-order valence-corrected chi connectivity index (χ0v) is 7.94. The Kier molecular flexibility index (Phi) is 3.46. The Morgan fingerprint density at radius 2 is 2.21 bits per heavy atom. The predicted molar refractivity (Wildman–Crippen MR) is 52.5 cm³/mol. The zero-order chi connectivity index (χ0) is 10.4. The fourth-order valence-electron chi connectivity index (χ4n) is 1.03. The molecule has 0 aliphatic heterocycles. The van der Waals surface area contributed by atoms with Crippen LogP contribution in [0.4, 0.5) is 5.82 Å². The highest BCUT2D eigenvalue weighted by Gasteiger charge is 2.02. The van der Waals surface area contributed by atoms with Crippen LogP contribution in [0.5, 0.6) is 0 Å². The minimum atomic E-state index is 0.395. The van der Waals surface area contributed by atoms with Crippen LogP contribution in [0.3, 0.4) is 0 Å². The second kappa shape index (κ2) is 4.84. The van der Waals surface area contributed by atoms with E-state index in [2.05, 4.69) is 11.1 Å². The summed E-state index contributed by atoms with van der Waals surface area (Å²) >= 11 is 0. The van der Waals surface area contributed by atoms with E-state index < -0.39 is 0 Å². The number of pyridine rings is 1. The molecule has 4 nitrogen and oxygen atoms in total. The van der Waals surface area contributed by atoms with Crippen LogP contribution < -0.4 is 4.90 Å². The van der Waals surface area contributed by atoms with Crippen molar-refractivity contribution in [2.24, 2.45) is 0 Å². The van der Waals surface area contributed by atoms with Gasteiger partial charge in [-0.15, -0.1) is 0 Å². The van der Waals surface area contributed by atoms with E-state index in [0.29, 0.717) is 18.7 Å². The summed E-state index contributed by atoms with van der Waals surface area (Å²) in [6, 6.07) is 9.29. The largest absolute Gasteiger partial charge is 0.359 e. The Labute approximate surface area is 83.0 Å². The van der Waals surface area contributed by atoms with E-state index in [4.69, 9.17) is 10.5 Å². The lowest BCUT2D eigenvalue weighted by atomic mass is 10.3. The fourth-order valence-corrected chi connectivity index (χ4v) is 1.03. The van der Waals surface area contributed by atoms with Crippen LogP contribution >= 0.6 is 0 Å². The Balaban J connectivity index is 2.76. The average molecular weight is 186 g/mol. The van der Waals surface area contributed by atoms with Crippen LogP contribution in [0.1, 0.15) is 12.1 Å². The van der Waals surface area contributed by atoms with Crippen LogP contribution in [-0.4, -0.2) is 18.6 Å². The molecule has 1 aromatic heterocycles. The molecule has 0 unspecified atom stereocenters. The summed E-state index contributed by atoms with van der Waals surface area (Å²) in [5.41, 5.74) is 0.395. The molecule has 0 aromatic carbocycles. The van der Waals surface area contributed by atoms with Gasteiger partial charge in [0.25, 0.3) is 0 Å². The van der Waals surface area contributed by atoms with Gasteiger partial charge in [-0.2, -0.15) is 10.5 Å². The van der Waals surface area contributed by atoms with Gasteiger partial charge in [0.2, 0.25) is 0 Å². The lowest BCUT2D eigenvalue weighted by Crippen LogP contribution is -2.19. The first-order chi connectivity index (χ1) is 6.77. The number of nitriles is 2. The number of hydrogen-bond acceptors (Lipinski definition) is 4. The molecular weight excluding hydrogens is 176 g/mol. The first-order valence-corrected chi connectivity index (χ1v) is 4.23. The van der Waals surface area contributed by atoms with Gasteiger partial charge in [-0.25, -0.2) is 4.98 Å². The number of aromatic nitrogens is 1. The minimum Gasteiger partial charge on any atom is -0.359 e. The lowest BCUT2D eigenvalue weighted by molar-refractivity contribution is 0.883. The van der Waals surface area contributed by atoms with Crippen molar-refractivity contribution < 1.29 is 0 Å². The summed E-state index contributed by atoms with van der Waals surface area (Å²) in [7, 11) is 1.85. The Bertz CT molecular complexity index is 386. The topological polar surface area (TPSA) is 63.7 Å². The number of rotatable bonds is 3. The highest BCUT2D eigenvalue weighted by atomic mass is 15.2. The zero-order valence-electron chi connectivity index (χ0n) is 7.94. The highest BCUT2D eigenvalue weighted by molar-refractivity contribution is 5.40. The number of hydrogen-bond donors (Lipinski definition) is 0. The van der Waals surface area contributed by atoms with Crippen LogP contribution in [0.2, 0.25) is 0 Å². The van der Waals surface area contributed by atoms with E-state index >= 15 is 0 Å². The average Bonchev–Trinajstić information content (AvgIpc) is 2.26. The molecule has 0 saturated carbocycles. The molecule has 0 amide bonds. The monoisotopic (exact) mass is 186 g/mol. The van der Waals surface area contributed by atoms with Crippen molar-refractivity contribution in [1.82, 2.24) is 4.98 Å². The Hall–Kier alpha value is -2.07. The molecule has 1 heterocycles. The summed E-state index contributed by atoms with van der Waals surface area (Å²) in [6.45, 7) is 0.623. The van der Waals surface area contributed by atoms with E-state index in [9.17, 15) is 0 Å². The van der Waals surface area contributed by atoms with Gasteiger partial charge in [0, 0.05) is 13.6 Å². The van der Waals surface area contributed by atoms with Crippen molar-refractivity contribution in [1.29, 1.82) is 10.5 Å².